The van der Waals surface area contributed by atoms with Crippen LogP contribution in [0.4, 0.5) is 0 Å². The lowest BCUT2D eigenvalue weighted by molar-refractivity contribution is -0.118. The number of aromatic nitrogens is 1. The van der Waals surface area contributed by atoms with Crippen LogP contribution in [-0.4, -0.2) is 16.8 Å². The molecule has 0 unspecified atom stereocenters. The molecule has 0 saturated heterocycles. The van der Waals surface area contributed by atoms with Crippen molar-refractivity contribution >= 4 is 11.8 Å². The summed E-state index contributed by atoms with van der Waals surface area (Å²) in [5.41, 5.74) is 9.89. The van der Waals surface area contributed by atoms with Gasteiger partial charge in [0.1, 0.15) is 6.26 Å². The average Bonchev–Trinajstić information content (AvgIpc) is 2.48. The van der Waals surface area contributed by atoms with Gasteiger partial charge in [-0.3, -0.25) is 9.59 Å². The molecule has 0 aliphatic rings. The van der Waals surface area contributed by atoms with Gasteiger partial charge in [-0.15, -0.1) is 0 Å². The van der Waals surface area contributed by atoms with E-state index in [4.69, 9.17) is 15.9 Å². The third kappa shape index (κ3) is 2.58. The Morgan fingerprint density at radius 1 is 1.46 bits per heavy atom. The molecule has 70 valence electrons. The molecule has 0 radical (unpaired) electrons. The highest BCUT2D eigenvalue weighted by Crippen LogP contribution is 2.03. The number of primary amides is 2. The molecule has 1 aromatic heterocycles. The first-order valence-corrected chi connectivity index (χ1v) is 3.62. The van der Waals surface area contributed by atoms with Crippen molar-refractivity contribution in [3.63, 3.8) is 0 Å². The maximum absolute atomic E-state index is 10.6. The zero-order valence-electron chi connectivity index (χ0n) is 6.82. The fraction of sp³-hybridized carbons (Fsp3) is 0.286. The largest absolute Gasteiger partial charge is 0.448 e. The first-order valence-electron chi connectivity index (χ1n) is 3.62. The van der Waals surface area contributed by atoms with Gasteiger partial charge in [0.05, 0.1) is 0 Å². The Balaban J connectivity index is 2.59. The summed E-state index contributed by atoms with van der Waals surface area (Å²) in [5.74, 6) is -0.819. The van der Waals surface area contributed by atoms with Gasteiger partial charge in [0.25, 0.3) is 5.91 Å². The van der Waals surface area contributed by atoms with Gasteiger partial charge in [-0.05, 0) is 0 Å². The zero-order chi connectivity index (χ0) is 9.84. The molecule has 0 atom stereocenters. The van der Waals surface area contributed by atoms with Crippen LogP contribution in [0.2, 0.25) is 0 Å². The van der Waals surface area contributed by atoms with E-state index < -0.39 is 11.8 Å². The molecule has 4 N–H and O–H groups in total. The van der Waals surface area contributed by atoms with Crippen LogP contribution in [0.3, 0.4) is 0 Å². The molecular formula is C7H9N3O3. The molecule has 1 heterocycles. The van der Waals surface area contributed by atoms with Crippen LogP contribution in [0, 0.1) is 0 Å². The number of oxazole rings is 1. The van der Waals surface area contributed by atoms with E-state index in [0.717, 1.165) is 6.26 Å². The summed E-state index contributed by atoms with van der Waals surface area (Å²) in [5, 5.41) is 0. The summed E-state index contributed by atoms with van der Waals surface area (Å²) in [6, 6.07) is 0. The quantitative estimate of drug-likeness (QED) is 0.635. The van der Waals surface area contributed by atoms with Crippen LogP contribution in [0.5, 0.6) is 0 Å². The van der Waals surface area contributed by atoms with Crippen LogP contribution >= 0.6 is 0 Å². The van der Waals surface area contributed by atoms with Crippen molar-refractivity contribution in [3.8, 4) is 0 Å². The van der Waals surface area contributed by atoms with Crippen molar-refractivity contribution in [1.29, 1.82) is 0 Å². The lowest BCUT2D eigenvalue weighted by atomic mass is 10.3. The van der Waals surface area contributed by atoms with E-state index in [9.17, 15) is 9.59 Å². The third-order valence-electron chi connectivity index (χ3n) is 1.39. The normalized spacial score (nSPS) is 9.85. The van der Waals surface area contributed by atoms with Crippen LogP contribution in [0.15, 0.2) is 10.7 Å². The third-order valence-corrected chi connectivity index (χ3v) is 1.39. The smallest absolute Gasteiger partial charge is 0.270 e. The minimum absolute atomic E-state index is 0.0551. The lowest BCUT2D eigenvalue weighted by Gasteiger charge is -1.89. The van der Waals surface area contributed by atoms with E-state index in [1.807, 2.05) is 0 Å². The maximum atomic E-state index is 10.6. The summed E-state index contributed by atoms with van der Waals surface area (Å²) < 4.78 is 4.86. The average molecular weight is 183 g/mol. The van der Waals surface area contributed by atoms with E-state index in [0.29, 0.717) is 0 Å². The minimum Gasteiger partial charge on any atom is -0.448 e. The Hall–Kier alpha value is -1.85. The second kappa shape index (κ2) is 3.70. The number of nitrogens with zero attached hydrogens (tertiary/aromatic N) is 1. The van der Waals surface area contributed by atoms with E-state index in [1.54, 1.807) is 0 Å². The number of nitrogens with two attached hydrogens (primary N) is 2. The molecule has 6 heteroatoms. The highest BCUT2D eigenvalue weighted by Gasteiger charge is 2.08. The van der Waals surface area contributed by atoms with Gasteiger partial charge >= 0.3 is 0 Å². The zero-order valence-corrected chi connectivity index (χ0v) is 6.82. The standard InChI is InChI=1S/C7H9N3O3/c8-5(11)1-2-6-10-4(3-13-6)7(9)12/h3H,1-2H2,(H2,8,11)(H2,9,12). The topological polar surface area (TPSA) is 112 Å². The van der Waals surface area contributed by atoms with E-state index in [2.05, 4.69) is 4.98 Å². The molecule has 0 spiro atoms. The number of carbonyl (C=O) groups is 2. The summed E-state index contributed by atoms with van der Waals surface area (Å²) >= 11 is 0. The van der Waals surface area contributed by atoms with E-state index in [1.165, 1.54) is 0 Å². The van der Waals surface area contributed by atoms with Gasteiger partial charge < -0.3 is 15.9 Å². The predicted molar refractivity (Wildman–Crippen MR) is 42.5 cm³/mol. The highest BCUT2D eigenvalue weighted by atomic mass is 16.3. The molecule has 0 bridgehead atoms. The number of rotatable bonds is 4. The first kappa shape index (κ1) is 9.24. The number of amides is 2. The second-order valence-corrected chi connectivity index (χ2v) is 2.46. The molecule has 0 aromatic carbocycles. The van der Waals surface area contributed by atoms with Gasteiger partial charge in [0, 0.05) is 12.8 Å². The monoisotopic (exact) mass is 183 g/mol. The van der Waals surface area contributed by atoms with Crippen molar-refractivity contribution in [2.45, 2.75) is 12.8 Å². The number of carbonyl (C=O) groups excluding carboxylic acids is 2. The van der Waals surface area contributed by atoms with Crippen molar-refractivity contribution in [2.75, 3.05) is 0 Å². The van der Waals surface area contributed by atoms with Crippen LogP contribution < -0.4 is 11.5 Å². The fourth-order valence-electron chi connectivity index (χ4n) is 0.769. The Morgan fingerprint density at radius 2 is 2.15 bits per heavy atom. The molecule has 0 fully saturated rings. The Labute approximate surface area is 73.9 Å². The van der Waals surface area contributed by atoms with E-state index in [-0.39, 0.29) is 24.4 Å². The molecule has 0 aliphatic carbocycles. The first-order chi connectivity index (χ1) is 6.09. The predicted octanol–water partition coefficient (Wildman–Crippen LogP) is -0.809. The summed E-state index contributed by atoms with van der Waals surface area (Å²) in [6.07, 6.45) is 1.57. The SMILES string of the molecule is NC(=O)CCc1nc(C(N)=O)co1. The summed E-state index contributed by atoms with van der Waals surface area (Å²) in [4.78, 5) is 24.7. The fourth-order valence-corrected chi connectivity index (χ4v) is 0.769. The molecule has 0 saturated carbocycles. The number of hydrogen-bond donors (Lipinski definition) is 2. The maximum Gasteiger partial charge on any atom is 0.270 e. The Bertz CT molecular complexity index is 331. The highest BCUT2D eigenvalue weighted by molar-refractivity contribution is 5.90. The van der Waals surface area contributed by atoms with Crippen LogP contribution in [0.25, 0.3) is 0 Å². The van der Waals surface area contributed by atoms with Crippen molar-refractivity contribution in [1.82, 2.24) is 4.98 Å². The van der Waals surface area contributed by atoms with Crippen LogP contribution in [0.1, 0.15) is 22.8 Å². The van der Waals surface area contributed by atoms with Gasteiger partial charge in [-0.25, -0.2) is 4.98 Å². The minimum atomic E-state index is -0.658. The molecule has 2 amide bonds. The van der Waals surface area contributed by atoms with Crippen molar-refractivity contribution in [2.24, 2.45) is 11.5 Å². The molecule has 0 aliphatic heterocycles. The molecular weight excluding hydrogens is 174 g/mol. The van der Waals surface area contributed by atoms with E-state index >= 15 is 0 Å². The Morgan fingerprint density at radius 3 is 2.62 bits per heavy atom. The Kier molecular flexibility index (Phi) is 2.63. The second-order valence-electron chi connectivity index (χ2n) is 2.46. The van der Waals surface area contributed by atoms with Crippen molar-refractivity contribution < 1.29 is 14.0 Å². The molecule has 1 aromatic rings. The lowest BCUT2D eigenvalue weighted by Crippen LogP contribution is -2.12. The molecule has 1 rings (SSSR count). The van der Waals surface area contributed by atoms with Gasteiger partial charge in [0.15, 0.2) is 11.6 Å². The number of aryl methyl sites for hydroxylation is 1. The van der Waals surface area contributed by atoms with Crippen LogP contribution in [-0.2, 0) is 11.2 Å². The number of hydrogen-bond acceptors (Lipinski definition) is 4. The molecule has 13 heavy (non-hydrogen) atoms. The summed E-state index contributed by atoms with van der Waals surface area (Å²) in [6.45, 7) is 0. The van der Waals surface area contributed by atoms with Gasteiger partial charge in [0.2, 0.25) is 5.91 Å². The van der Waals surface area contributed by atoms with Crippen molar-refractivity contribution in [3.05, 3.63) is 17.8 Å². The molecule has 6 nitrogen and oxygen atoms in total. The summed E-state index contributed by atoms with van der Waals surface area (Å²) in [7, 11) is 0. The van der Waals surface area contributed by atoms with Gasteiger partial charge in [-0.2, -0.15) is 0 Å². The van der Waals surface area contributed by atoms with Gasteiger partial charge in [-0.1, -0.05) is 0 Å².